The second-order valence-corrected chi connectivity index (χ2v) is 7.71. The molecular weight excluding hydrogens is 332 g/mol. The van der Waals surface area contributed by atoms with Gasteiger partial charge in [0.15, 0.2) is 5.82 Å². The van der Waals surface area contributed by atoms with E-state index in [1.165, 1.54) is 29.5 Å². The van der Waals surface area contributed by atoms with E-state index in [0.29, 0.717) is 6.04 Å². The summed E-state index contributed by atoms with van der Waals surface area (Å²) in [4.78, 5) is 7.69. The van der Waals surface area contributed by atoms with Crippen molar-refractivity contribution in [3.05, 3.63) is 83.6 Å². The number of amidine groups is 1. The molecule has 0 amide bonds. The maximum Gasteiger partial charge on any atom is 0.158 e. The summed E-state index contributed by atoms with van der Waals surface area (Å²) >= 11 is 0. The Morgan fingerprint density at radius 2 is 1.59 bits per heavy atom. The van der Waals surface area contributed by atoms with Gasteiger partial charge >= 0.3 is 0 Å². The number of hydrogen-bond donors (Lipinski definition) is 0. The van der Waals surface area contributed by atoms with Crippen molar-refractivity contribution in [2.24, 2.45) is 4.99 Å². The van der Waals surface area contributed by atoms with Crippen molar-refractivity contribution < 1.29 is 0 Å². The molecule has 1 aliphatic carbocycles. The molecule has 1 atom stereocenters. The van der Waals surface area contributed by atoms with Gasteiger partial charge in [-0.25, -0.2) is 9.67 Å². The number of hydrogen-bond acceptors (Lipinski definition) is 3. The zero-order valence-corrected chi connectivity index (χ0v) is 15.8. The van der Waals surface area contributed by atoms with E-state index in [1.54, 1.807) is 0 Å². The first-order valence-corrected chi connectivity index (χ1v) is 9.79. The van der Waals surface area contributed by atoms with Crippen LogP contribution in [0.3, 0.4) is 0 Å². The van der Waals surface area contributed by atoms with Gasteiger partial charge in [0.1, 0.15) is 5.84 Å². The van der Waals surface area contributed by atoms with Crippen LogP contribution in [0.1, 0.15) is 55.5 Å². The van der Waals surface area contributed by atoms with Gasteiger partial charge in [0, 0.05) is 23.2 Å². The SMILES string of the molecule is CC(C)n1ncc2c1N=C(c1ccccc1)N(C1CC1)[C@@H]2c1ccccc1. The van der Waals surface area contributed by atoms with E-state index in [0.717, 1.165) is 11.7 Å². The van der Waals surface area contributed by atoms with Crippen molar-refractivity contribution in [3.8, 4) is 0 Å². The maximum absolute atomic E-state index is 5.16. The summed E-state index contributed by atoms with van der Waals surface area (Å²) in [7, 11) is 0. The number of nitrogens with zero attached hydrogens (tertiary/aromatic N) is 4. The largest absolute Gasteiger partial charge is 0.342 e. The highest BCUT2D eigenvalue weighted by Crippen LogP contribution is 2.46. The molecule has 2 heterocycles. The van der Waals surface area contributed by atoms with E-state index in [1.807, 2.05) is 6.20 Å². The second-order valence-electron chi connectivity index (χ2n) is 7.71. The van der Waals surface area contributed by atoms with Crippen LogP contribution in [-0.4, -0.2) is 26.6 Å². The number of aromatic nitrogens is 2. The van der Waals surface area contributed by atoms with Crippen LogP contribution >= 0.6 is 0 Å². The molecule has 2 aromatic carbocycles. The quantitative estimate of drug-likeness (QED) is 0.651. The van der Waals surface area contributed by atoms with Crippen molar-refractivity contribution in [1.82, 2.24) is 14.7 Å². The fourth-order valence-corrected chi connectivity index (χ4v) is 4.00. The molecule has 4 heteroatoms. The molecule has 3 aromatic rings. The van der Waals surface area contributed by atoms with Crippen LogP contribution in [0.5, 0.6) is 0 Å². The number of rotatable bonds is 4. The van der Waals surface area contributed by atoms with Crippen LogP contribution in [0, 0.1) is 0 Å². The van der Waals surface area contributed by atoms with Crippen LogP contribution in [0.15, 0.2) is 71.9 Å². The van der Waals surface area contributed by atoms with Crippen LogP contribution in [-0.2, 0) is 0 Å². The van der Waals surface area contributed by atoms with Gasteiger partial charge in [0.25, 0.3) is 0 Å². The Morgan fingerprint density at radius 3 is 2.22 bits per heavy atom. The van der Waals surface area contributed by atoms with Gasteiger partial charge in [-0.15, -0.1) is 0 Å². The average Bonchev–Trinajstić information content (AvgIpc) is 3.46. The molecule has 1 aromatic heterocycles. The Balaban J connectivity index is 1.75. The molecule has 1 aliphatic heterocycles. The molecule has 0 N–H and O–H groups in total. The van der Waals surface area contributed by atoms with Gasteiger partial charge in [-0.05, 0) is 32.3 Å². The van der Waals surface area contributed by atoms with Crippen molar-refractivity contribution in [1.29, 1.82) is 0 Å². The van der Waals surface area contributed by atoms with Crippen LogP contribution in [0.4, 0.5) is 5.82 Å². The normalized spacial score (nSPS) is 19.1. The third-order valence-corrected chi connectivity index (χ3v) is 5.40. The molecule has 27 heavy (non-hydrogen) atoms. The predicted molar refractivity (Wildman–Crippen MR) is 108 cm³/mol. The first-order valence-electron chi connectivity index (χ1n) is 9.79. The Morgan fingerprint density at radius 1 is 0.926 bits per heavy atom. The monoisotopic (exact) mass is 356 g/mol. The summed E-state index contributed by atoms with van der Waals surface area (Å²) in [5, 5.41) is 4.70. The van der Waals surface area contributed by atoms with Crippen molar-refractivity contribution in [3.63, 3.8) is 0 Å². The van der Waals surface area contributed by atoms with Crippen molar-refractivity contribution in [2.45, 2.75) is 44.8 Å². The van der Waals surface area contributed by atoms with E-state index in [4.69, 9.17) is 10.1 Å². The van der Waals surface area contributed by atoms with E-state index in [-0.39, 0.29) is 12.1 Å². The summed E-state index contributed by atoms with van der Waals surface area (Å²) in [6.07, 6.45) is 4.47. The van der Waals surface area contributed by atoms with Gasteiger partial charge in [-0.3, -0.25) is 0 Å². The Labute approximate surface area is 160 Å². The lowest BCUT2D eigenvalue weighted by molar-refractivity contribution is 0.341. The summed E-state index contributed by atoms with van der Waals surface area (Å²) < 4.78 is 2.05. The topological polar surface area (TPSA) is 33.4 Å². The molecule has 5 rings (SSSR count). The highest BCUT2D eigenvalue weighted by molar-refractivity contribution is 6.02. The maximum atomic E-state index is 5.16. The molecule has 0 bridgehead atoms. The lowest BCUT2D eigenvalue weighted by atomic mass is 9.95. The number of aliphatic imine (C=N–C) groups is 1. The minimum Gasteiger partial charge on any atom is -0.342 e. The number of fused-ring (bicyclic) bond motifs is 1. The summed E-state index contributed by atoms with van der Waals surface area (Å²) in [5.41, 5.74) is 3.69. The zero-order chi connectivity index (χ0) is 18.4. The zero-order valence-electron chi connectivity index (χ0n) is 15.8. The van der Waals surface area contributed by atoms with Gasteiger partial charge < -0.3 is 4.90 Å². The lowest BCUT2D eigenvalue weighted by Crippen LogP contribution is -2.40. The van der Waals surface area contributed by atoms with E-state index >= 15 is 0 Å². The third-order valence-electron chi connectivity index (χ3n) is 5.40. The standard InChI is InChI=1S/C23H24N4/c1-16(2)27-23-20(15-24-27)21(17-9-5-3-6-10-17)26(19-13-14-19)22(25-23)18-11-7-4-8-12-18/h3-12,15-16,19,21H,13-14H2,1-2H3/t21-/m1/s1. The Kier molecular flexibility index (Phi) is 3.85. The highest BCUT2D eigenvalue weighted by atomic mass is 15.4. The first-order chi connectivity index (χ1) is 13.2. The van der Waals surface area contributed by atoms with E-state index in [9.17, 15) is 0 Å². The molecule has 1 fully saturated rings. The van der Waals surface area contributed by atoms with E-state index < -0.39 is 0 Å². The summed E-state index contributed by atoms with van der Waals surface area (Å²) in [6, 6.07) is 22.3. The average molecular weight is 356 g/mol. The van der Waals surface area contributed by atoms with Crippen LogP contribution in [0.2, 0.25) is 0 Å². The van der Waals surface area contributed by atoms with Crippen LogP contribution < -0.4 is 0 Å². The molecule has 1 saturated carbocycles. The van der Waals surface area contributed by atoms with Gasteiger partial charge in [-0.1, -0.05) is 60.7 Å². The minimum atomic E-state index is 0.161. The Hall–Kier alpha value is -2.88. The first kappa shape index (κ1) is 16.3. The fourth-order valence-electron chi connectivity index (χ4n) is 4.00. The summed E-state index contributed by atoms with van der Waals surface area (Å²) in [6.45, 7) is 4.32. The molecule has 0 unspecified atom stereocenters. The molecule has 136 valence electrons. The Bertz CT molecular complexity index is 968. The minimum absolute atomic E-state index is 0.161. The lowest BCUT2D eigenvalue weighted by Gasteiger charge is -2.38. The van der Waals surface area contributed by atoms with Crippen molar-refractivity contribution >= 4 is 11.7 Å². The van der Waals surface area contributed by atoms with Crippen LogP contribution in [0.25, 0.3) is 0 Å². The highest BCUT2D eigenvalue weighted by Gasteiger charge is 2.42. The second kappa shape index (κ2) is 6.38. The molecule has 0 radical (unpaired) electrons. The third kappa shape index (κ3) is 2.76. The van der Waals surface area contributed by atoms with Gasteiger partial charge in [0.2, 0.25) is 0 Å². The molecule has 0 spiro atoms. The molecule has 2 aliphatic rings. The van der Waals surface area contributed by atoms with Crippen molar-refractivity contribution in [2.75, 3.05) is 0 Å². The molecular formula is C23H24N4. The number of benzene rings is 2. The molecule has 0 saturated heterocycles. The fraction of sp³-hybridized carbons (Fsp3) is 0.304. The molecule has 4 nitrogen and oxygen atoms in total. The summed E-state index contributed by atoms with van der Waals surface area (Å²) in [5.74, 6) is 2.07. The van der Waals surface area contributed by atoms with Gasteiger partial charge in [-0.2, -0.15) is 5.10 Å². The predicted octanol–water partition coefficient (Wildman–Crippen LogP) is 5.11. The van der Waals surface area contributed by atoms with E-state index in [2.05, 4.69) is 84.1 Å². The van der Waals surface area contributed by atoms with Gasteiger partial charge in [0.05, 0.1) is 12.2 Å². The smallest absolute Gasteiger partial charge is 0.158 e.